The Balaban J connectivity index is 0.936. The molecule has 324 valence electrons. The molecule has 2 aliphatic heterocycles. The van der Waals surface area contributed by atoms with Gasteiger partial charge in [-0.2, -0.15) is 0 Å². The largest absolute Gasteiger partial charge is 0.453 e. The van der Waals surface area contributed by atoms with Crippen molar-refractivity contribution < 1.29 is 9.47 Å². The van der Waals surface area contributed by atoms with Crippen molar-refractivity contribution in [1.82, 2.24) is 24.5 Å². The van der Waals surface area contributed by atoms with E-state index >= 15 is 0 Å². The van der Waals surface area contributed by atoms with Crippen LogP contribution in [0.5, 0.6) is 23.0 Å². The Hall–Kier alpha value is -9.14. The van der Waals surface area contributed by atoms with Crippen molar-refractivity contribution in [2.24, 2.45) is 0 Å². The van der Waals surface area contributed by atoms with Gasteiger partial charge in [-0.3, -0.25) is 4.98 Å². The van der Waals surface area contributed by atoms with Crippen molar-refractivity contribution in [2.45, 2.75) is 17.9 Å². The summed E-state index contributed by atoms with van der Waals surface area (Å²) >= 11 is 0. The van der Waals surface area contributed by atoms with Gasteiger partial charge in [0.1, 0.15) is 11.4 Å². The fourth-order valence-electron chi connectivity index (χ4n) is 11.6. The average molecular weight is 887 g/mol. The second kappa shape index (κ2) is 14.4. The van der Waals surface area contributed by atoms with E-state index in [0.29, 0.717) is 23.0 Å². The van der Waals surface area contributed by atoms with Gasteiger partial charge in [-0.1, -0.05) is 140 Å². The second-order valence-corrected chi connectivity index (χ2v) is 18.0. The van der Waals surface area contributed by atoms with Crippen LogP contribution in [0.4, 0.5) is 11.4 Å². The lowest BCUT2D eigenvalue weighted by Gasteiger charge is -2.42. The van der Waals surface area contributed by atoms with Crippen LogP contribution in [0.15, 0.2) is 200 Å². The summed E-state index contributed by atoms with van der Waals surface area (Å²) in [7, 11) is 0. The molecular weight excluding hydrogens is 849 g/mol. The van der Waals surface area contributed by atoms with Crippen LogP contribution in [0.25, 0.3) is 73.8 Å². The zero-order chi connectivity index (χ0) is 45.2. The third-order valence-corrected chi connectivity index (χ3v) is 14.4. The molecule has 2 atom stereocenters. The average Bonchev–Trinajstić information content (AvgIpc) is 3.90. The molecule has 69 heavy (non-hydrogen) atoms. The van der Waals surface area contributed by atoms with Crippen molar-refractivity contribution >= 4 is 45.3 Å². The van der Waals surface area contributed by atoms with E-state index in [2.05, 4.69) is 161 Å². The number of pyridine rings is 2. The maximum Gasteiger partial charge on any atom is 0.194 e. The van der Waals surface area contributed by atoms with Gasteiger partial charge < -0.3 is 18.9 Å². The molecular formula is C61H38N6O2. The molecule has 15 rings (SSSR count). The lowest BCUT2D eigenvalue weighted by atomic mass is 9.66. The Morgan fingerprint density at radius 3 is 2.12 bits per heavy atom. The quantitative estimate of drug-likeness (QED) is 0.174. The molecule has 2 unspecified atom stereocenters. The maximum atomic E-state index is 7.17. The lowest BCUT2D eigenvalue weighted by molar-refractivity contribution is 0.389. The maximum absolute atomic E-state index is 7.17. The fourth-order valence-corrected chi connectivity index (χ4v) is 11.6. The Bertz CT molecular complexity index is 4090. The highest BCUT2D eigenvalue weighted by atomic mass is 16.5. The molecule has 4 aromatic heterocycles. The highest BCUT2D eigenvalue weighted by Crippen LogP contribution is 2.65. The lowest BCUT2D eigenvalue weighted by Crippen LogP contribution is -2.40. The minimum atomic E-state index is -0.843. The molecule has 0 radical (unpaired) electrons. The first-order valence-electron chi connectivity index (χ1n) is 23.4. The Labute approximate surface area is 396 Å². The molecule has 8 nitrogen and oxygen atoms in total. The highest BCUT2D eigenvalue weighted by Gasteiger charge is 2.54. The molecule has 0 saturated heterocycles. The van der Waals surface area contributed by atoms with Crippen LogP contribution in [0.3, 0.4) is 0 Å². The zero-order valence-corrected chi connectivity index (χ0v) is 37.0. The van der Waals surface area contributed by atoms with Crippen LogP contribution in [-0.4, -0.2) is 30.5 Å². The molecule has 0 amide bonds. The standard InChI is InChI=1S/C61H38N6O2/c1-3-16-37(17-4-1)55-42-21-7-10-24-47(42)64-60(65-55)48-33-31-45-57(63-48)56-44(23-15-35-62-56)61(45)43-22-9-13-27-53(43)68-58-46(61)32-34-51-59(58)69-54-28-14-12-26-50(54)67(51)39-29-30-41-40-20-8-11-25-49(40)66(52(41)36-39)38-18-5-2-6-19-38/h1-28,30-36,39H,29H2. The van der Waals surface area contributed by atoms with Crippen molar-refractivity contribution in [2.75, 3.05) is 4.90 Å². The predicted octanol–water partition coefficient (Wildman–Crippen LogP) is 12.4. The molecule has 0 saturated carbocycles. The molecule has 1 spiro atoms. The number of anilines is 2. The summed E-state index contributed by atoms with van der Waals surface area (Å²) in [4.78, 5) is 23.3. The second-order valence-electron chi connectivity index (χ2n) is 18.0. The van der Waals surface area contributed by atoms with Crippen LogP contribution in [-0.2, 0) is 5.41 Å². The molecule has 7 aromatic carbocycles. The molecule has 8 heteroatoms. The number of rotatable bonds is 4. The molecule has 2 aliphatic carbocycles. The topological polar surface area (TPSA) is 78.2 Å². The van der Waals surface area contributed by atoms with Gasteiger partial charge >= 0.3 is 0 Å². The van der Waals surface area contributed by atoms with Gasteiger partial charge in [-0.25, -0.2) is 15.0 Å². The predicted molar refractivity (Wildman–Crippen MR) is 272 cm³/mol. The Morgan fingerprint density at radius 1 is 0.507 bits per heavy atom. The van der Waals surface area contributed by atoms with E-state index in [0.717, 1.165) is 90.8 Å². The van der Waals surface area contributed by atoms with E-state index in [1.165, 1.54) is 21.5 Å². The Kier molecular flexibility index (Phi) is 7.95. The monoisotopic (exact) mass is 886 g/mol. The number of benzene rings is 7. The molecule has 0 bridgehead atoms. The summed E-state index contributed by atoms with van der Waals surface area (Å²) in [5, 5.41) is 4.67. The van der Waals surface area contributed by atoms with Crippen LogP contribution >= 0.6 is 0 Å². The number of nitrogens with zero attached hydrogens (tertiary/aromatic N) is 6. The van der Waals surface area contributed by atoms with Gasteiger partial charge in [-0.15, -0.1) is 0 Å². The van der Waals surface area contributed by atoms with Crippen LogP contribution in [0, 0.1) is 0 Å². The zero-order valence-electron chi connectivity index (χ0n) is 37.0. The third kappa shape index (κ3) is 5.34. The normalized spacial score (nSPS) is 16.7. The number of ether oxygens (including phenoxy) is 2. The molecule has 4 aliphatic rings. The van der Waals surface area contributed by atoms with E-state index in [1.54, 1.807) is 0 Å². The van der Waals surface area contributed by atoms with Crippen molar-refractivity contribution in [3.05, 3.63) is 233 Å². The summed E-state index contributed by atoms with van der Waals surface area (Å²) in [6, 6.07) is 67.4. The van der Waals surface area contributed by atoms with E-state index in [1.807, 2.05) is 60.8 Å². The number of hydrogen-bond donors (Lipinski definition) is 0. The molecule has 0 fully saturated rings. The fraction of sp³-hybridized carbons (Fsp3) is 0.0492. The van der Waals surface area contributed by atoms with Gasteiger partial charge in [0, 0.05) is 44.6 Å². The van der Waals surface area contributed by atoms with Crippen LogP contribution < -0.4 is 24.9 Å². The minimum absolute atomic E-state index is 0.0459. The van der Waals surface area contributed by atoms with Crippen molar-refractivity contribution in [3.8, 4) is 62.8 Å². The van der Waals surface area contributed by atoms with Crippen LogP contribution in [0.2, 0.25) is 0 Å². The summed E-state index contributed by atoms with van der Waals surface area (Å²) in [6.07, 6.45) is 7.49. The Morgan fingerprint density at radius 2 is 1.22 bits per heavy atom. The van der Waals surface area contributed by atoms with Gasteiger partial charge in [0.15, 0.2) is 23.1 Å². The summed E-state index contributed by atoms with van der Waals surface area (Å²) in [5.74, 6) is 3.41. The van der Waals surface area contributed by atoms with Crippen molar-refractivity contribution in [1.29, 1.82) is 0 Å². The minimum Gasteiger partial charge on any atom is -0.453 e. The van der Waals surface area contributed by atoms with Gasteiger partial charge in [-0.05, 0) is 84.3 Å². The van der Waals surface area contributed by atoms with Gasteiger partial charge in [0.25, 0.3) is 0 Å². The van der Waals surface area contributed by atoms with Crippen LogP contribution in [0.1, 0.15) is 28.7 Å². The smallest absolute Gasteiger partial charge is 0.194 e. The first kappa shape index (κ1) is 38.0. The molecule has 6 heterocycles. The first-order valence-corrected chi connectivity index (χ1v) is 23.4. The van der Waals surface area contributed by atoms with E-state index in [4.69, 9.17) is 29.4 Å². The van der Waals surface area contributed by atoms with Crippen molar-refractivity contribution in [3.63, 3.8) is 0 Å². The first-order chi connectivity index (χ1) is 34.2. The molecule has 11 aromatic rings. The van der Waals surface area contributed by atoms with E-state index in [-0.39, 0.29) is 6.04 Å². The number of hydrogen-bond acceptors (Lipinski definition) is 7. The summed E-state index contributed by atoms with van der Waals surface area (Å²) < 4.78 is 16.7. The number of para-hydroxylation sites is 6. The third-order valence-electron chi connectivity index (χ3n) is 14.4. The highest BCUT2D eigenvalue weighted by molar-refractivity contribution is 5.95. The number of fused-ring (bicyclic) bond motifs is 16. The summed E-state index contributed by atoms with van der Waals surface area (Å²) in [6.45, 7) is 0. The van der Waals surface area contributed by atoms with Gasteiger partial charge in [0.05, 0.1) is 56.3 Å². The molecule has 0 N–H and O–H groups in total. The van der Waals surface area contributed by atoms with E-state index in [9.17, 15) is 0 Å². The summed E-state index contributed by atoms with van der Waals surface area (Å²) in [5.41, 5.74) is 12.4. The van der Waals surface area contributed by atoms with Gasteiger partial charge in [0.2, 0.25) is 0 Å². The van der Waals surface area contributed by atoms with E-state index < -0.39 is 5.41 Å². The SMILES string of the molecule is C1=c2c(n(-c3ccccc3)c3ccccc23)=CC(N2c3ccccc3Oc3c2ccc2c3Oc3ccccc3C23c2cccnc2-c2nc(-c4nc(-c5ccccc5)c5ccccc5n4)ccc23)C1. The number of aromatic nitrogens is 5.